The fourth-order valence-corrected chi connectivity index (χ4v) is 8.39. The number of carbonyl (C=O) groups excluding carboxylic acids is 3. The van der Waals surface area contributed by atoms with E-state index >= 15 is 0 Å². The summed E-state index contributed by atoms with van der Waals surface area (Å²) in [5.74, 6) is -0.969. The van der Waals surface area contributed by atoms with Crippen LogP contribution in [0, 0.1) is 0 Å². The molecule has 3 heterocycles. The molecule has 2 bridgehead atoms. The number of nitrogens with one attached hydrogen (secondary N) is 1. The second-order valence-corrected chi connectivity index (χ2v) is 12.4. The molecule has 178 valence electrons. The number of allylic oxidation sites excluding steroid dienone is 3. The van der Waals surface area contributed by atoms with Gasteiger partial charge in [0.2, 0.25) is 11.0 Å². The summed E-state index contributed by atoms with van der Waals surface area (Å²) in [7, 11) is -1.33. The van der Waals surface area contributed by atoms with Gasteiger partial charge in [-0.15, -0.1) is 11.3 Å². The largest absolute Gasteiger partial charge is 0.381 e. The van der Waals surface area contributed by atoms with Crippen molar-refractivity contribution in [2.45, 2.75) is 62.5 Å². The predicted molar refractivity (Wildman–Crippen MR) is 130 cm³/mol. The number of carbonyl (C=O) groups is 3. The van der Waals surface area contributed by atoms with Gasteiger partial charge < -0.3 is 15.5 Å². The highest BCUT2D eigenvalue weighted by Gasteiger charge is 2.63. The van der Waals surface area contributed by atoms with Crippen molar-refractivity contribution in [1.82, 2.24) is 10.3 Å². The second kappa shape index (κ2) is 10.1. The minimum absolute atomic E-state index is 0.0520. The fraction of sp³-hybridized carbons (Fsp3) is 0.455. The standard InChI is InChI=1S/C22H26N2O6S3/c1-13-8-9-22(21(3,29)20(28)32-33(22)30)11-18(27)23-14(2)19-24-15(12-31-19)6-4-5-7-16(25)17(26)10-13/h4-7,10,12,14,17,26,29H,8-9,11H2,1-3H3,(H,23,27)/b6-4-,7-5+,13-10+/t14-,17-,21-,22+,33?/m1/s1. The van der Waals surface area contributed by atoms with Crippen LogP contribution in [0.3, 0.4) is 0 Å². The summed E-state index contributed by atoms with van der Waals surface area (Å²) < 4.78 is 11.5. The van der Waals surface area contributed by atoms with Gasteiger partial charge in [0, 0.05) is 22.6 Å². The number of amides is 1. The Bertz CT molecular complexity index is 1070. The Morgan fingerprint density at radius 1 is 1.24 bits per heavy atom. The first-order valence-electron chi connectivity index (χ1n) is 10.3. The van der Waals surface area contributed by atoms with Gasteiger partial charge in [-0.1, -0.05) is 17.7 Å². The Hall–Kier alpha value is -1.92. The number of hydrogen-bond donors (Lipinski definition) is 3. The van der Waals surface area contributed by atoms with Crippen LogP contribution in [0.2, 0.25) is 0 Å². The maximum atomic E-state index is 13.0. The van der Waals surface area contributed by atoms with Gasteiger partial charge in [-0.05, 0) is 51.8 Å². The molecule has 1 fully saturated rings. The first kappa shape index (κ1) is 25.7. The van der Waals surface area contributed by atoms with E-state index in [0.717, 1.165) is 0 Å². The second-order valence-electron chi connectivity index (χ2n) is 8.33. The first-order chi connectivity index (χ1) is 15.5. The van der Waals surface area contributed by atoms with E-state index in [1.807, 2.05) is 0 Å². The van der Waals surface area contributed by atoms with Crippen molar-refractivity contribution in [2.24, 2.45) is 0 Å². The molecule has 2 aliphatic rings. The van der Waals surface area contributed by atoms with Crippen LogP contribution in [-0.4, -0.2) is 52.7 Å². The monoisotopic (exact) mass is 510 g/mol. The minimum atomic E-state index is -1.99. The van der Waals surface area contributed by atoms with E-state index in [9.17, 15) is 28.8 Å². The molecule has 1 unspecified atom stereocenters. The molecule has 0 radical (unpaired) electrons. The van der Waals surface area contributed by atoms with Crippen LogP contribution in [0.4, 0.5) is 0 Å². The van der Waals surface area contributed by atoms with Crippen molar-refractivity contribution < 1.29 is 28.8 Å². The molecular weight excluding hydrogens is 484 g/mol. The number of nitrogens with zero attached hydrogens (tertiary/aromatic N) is 1. The normalized spacial score (nSPS) is 37.7. The predicted octanol–water partition coefficient (Wildman–Crippen LogP) is 2.38. The van der Waals surface area contributed by atoms with E-state index in [2.05, 4.69) is 10.3 Å². The fourth-order valence-electron chi connectivity index (χ4n) is 3.65. The van der Waals surface area contributed by atoms with Gasteiger partial charge in [0.05, 0.1) is 21.6 Å². The molecule has 8 nitrogen and oxygen atoms in total. The molecule has 2 aliphatic heterocycles. The molecule has 1 aromatic heterocycles. The maximum absolute atomic E-state index is 13.0. The van der Waals surface area contributed by atoms with Gasteiger partial charge in [0.15, 0.2) is 5.78 Å². The van der Waals surface area contributed by atoms with Crippen LogP contribution >= 0.6 is 22.1 Å². The molecule has 3 rings (SSSR count). The highest BCUT2D eigenvalue weighted by atomic mass is 33.1. The van der Waals surface area contributed by atoms with Crippen LogP contribution in [0.25, 0.3) is 6.08 Å². The molecule has 3 N–H and O–H groups in total. The smallest absolute Gasteiger partial charge is 0.234 e. The Kier molecular flexibility index (Phi) is 7.90. The number of aliphatic hydroxyl groups excluding tert-OH is 1. The van der Waals surface area contributed by atoms with Crippen molar-refractivity contribution in [2.75, 3.05) is 0 Å². The zero-order chi connectivity index (χ0) is 24.4. The average molecular weight is 511 g/mol. The van der Waals surface area contributed by atoms with Crippen molar-refractivity contribution in [3.8, 4) is 0 Å². The van der Waals surface area contributed by atoms with Gasteiger partial charge in [-0.25, -0.2) is 9.19 Å². The molecule has 1 amide bonds. The van der Waals surface area contributed by atoms with Gasteiger partial charge in [-0.3, -0.25) is 14.4 Å². The van der Waals surface area contributed by atoms with E-state index in [4.69, 9.17) is 0 Å². The molecule has 5 atom stereocenters. The Morgan fingerprint density at radius 3 is 2.61 bits per heavy atom. The SMILES string of the molecule is C/C1=C\[C@@H](O)C(=O)/C=C/C=C\c2csc(n2)[C@@H](C)NC(=O)C[C@]2(CC1)S(=O)SC(=O)[C@@]2(C)O. The summed E-state index contributed by atoms with van der Waals surface area (Å²) in [6, 6.07) is -0.433. The average Bonchev–Trinajstić information content (AvgIpc) is 3.27. The summed E-state index contributed by atoms with van der Waals surface area (Å²) in [6.45, 7) is 4.75. The van der Waals surface area contributed by atoms with E-state index in [1.165, 1.54) is 36.5 Å². The van der Waals surface area contributed by atoms with Crippen molar-refractivity contribution in [3.05, 3.63) is 46.0 Å². The molecule has 1 aromatic rings. The number of aliphatic hydroxyl groups is 2. The summed E-state index contributed by atoms with van der Waals surface area (Å²) >= 11 is 1.35. The summed E-state index contributed by atoms with van der Waals surface area (Å²) in [5, 5.41) is 25.8. The van der Waals surface area contributed by atoms with Gasteiger partial charge in [0.25, 0.3) is 0 Å². The molecular formula is C22H26N2O6S3. The zero-order valence-electron chi connectivity index (χ0n) is 18.4. The lowest BCUT2D eigenvalue weighted by atomic mass is 9.81. The quantitative estimate of drug-likeness (QED) is 0.358. The lowest BCUT2D eigenvalue weighted by Gasteiger charge is -2.36. The molecule has 1 spiro atoms. The summed E-state index contributed by atoms with van der Waals surface area (Å²) in [6.07, 6.45) is 6.07. The van der Waals surface area contributed by atoms with E-state index < -0.39 is 49.1 Å². The molecule has 1 saturated heterocycles. The molecule has 0 aromatic carbocycles. The Morgan fingerprint density at radius 2 is 1.94 bits per heavy atom. The third-order valence-electron chi connectivity index (χ3n) is 5.78. The highest BCUT2D eigenvalue weighted by molar-refractivity contribution is 8.76. The lowest BCUT2D eigenvalue weighted by Crippen LogP contribution is -2.55. The Labute approximate surface area is 202 Å². The van der Waals surface area contributed by atoms with E-state index in [0.29, 0.717) is 27.1 Å². The number of thiazole rings is 1. The topological polar surface area (TPSA) is 134 Å². The van der Waals surface area contributed by atoms with Crippen LogP contribution in [0.5, 0.6) is 0 Å². The van der Waals surface area contributed by atoms with Gasteiger partial charge >= 0.3 is 0 Å². The maximum Gasteiger partial charge on any atom is 0.234 e. The molecule has 0 saturated carbocycles. The highest BCUT2D eigenvalue weighted by Crippen LogP contribution is 2.50. The number of hydrogen-bond acceptors (Lipinski definition) is 9. The number of fused-ring (bicyclic) bond motifs is 2. The van der Waals surface area contributed by atoms with E-state index in [1.54, 1.807) is 31.4 Å². The minimum Gasteiger partial charge on any atom is -0.381 e. The summed E-state index contributed by atoms with van der Waals surface area (Å²) in [4.78, 5) is 42.0. The van der Waals surface area contributed by atoms with Crippen molar-refractivity contribution in [1.29, 1.82) is 0 Å². The third kappa shape index (κ3) is 5.43. The first-order valence-corrected chi connectivity index (χ1v) is 13.7. The third-order valence-corrected chi connectivity index (χ3v) is 10.8. The van der Waals surface area contributed by atoms with Gasteiger partial charge in [-0.2, -0.15) is 0 Å². The molecule has 33 heavy (non-hydrogen) atoms. The van der Waals surface area contributed by atoms with Crippen LogP contribution in [-0.2, 0) is 24.2 Å². The number of rotatable bonds is 0. The molecule has 11 heteroatoms. The van der Waals surface area contributed by atoms with Crippen LogP contribution in [0.15, 0.2) is 35.3 Å². The zero-order valence-corrected chi connectivity index (χ0v) is 20.9. The molecule has 0 aliphatic carbocycles. The number of ketones is 1. The summed E-state index contributed by atoms with van der Waals surface area (Å²) in [5.41, 5.74) is -0.732. The van der Waals surface area contributed by atoms with Crippen LogP contribution in [0.1, 0.15) is 56.8 Å². The van der Waals surface area contributed by atoms with Crippen LogP contribution < -0.4 is 5.32 Å². The number of aromatic nitrogens is 1. The Balaban J connectivity index is 1.99. The van der Waals surface area contributed by atoms with E-state index in [-0.39, 0.29) is 19.3 Å². The van der Waals surface area contributed by atoms with Crippen molar-refractivity contribution >= 4 is 54.8 Å². The lowest BCUT2D eigenvalue weighted by molar-refractivity contribution is -0.132. The van der Waals surface area contributed by atoms with Gasteiger partial charge in [0.1, 0.15) is 21.5 Å². The van der Waals surface area contributed by atoms with Crippen molar-refractivity contribution in [3.63, 3.8) is 0 Å².